The summed E-state index contributed by atoms with van der Waals surface area (Å²) >= 11 is 0. The number of carboxylic acids is 2. The summed E-state index contributed by atoms with van der Waals surface area (Å²) in [6.07, 6.45) is 0. The number of rotatable bonds is 5. The Labute approximate surface area is 151 Å². The topological polar surface area (TPSA) is 161 Å². The number of amides is 2. The fraction of sp³-hybridized carbons (Fsp3) is 0. The molecule has 0 unspecified atom stereocenters. The van der Waals surface area contributed by atoms with Crippen molar-refractivity contribution >= 4 is 23.8 Å². The van der Waals surface area contributed by atoms with E-state index in [1.54, 1.807) is 0 Å². The second kappa shape index (κ2) is 7.61. The number of carbonyl (C=O) groups is 4. The number of nitrogens with two attached hydrogens (primary N) is 2. The maximum atomic E-state index is 11.6. The molecule has 0 saturated carbocycles. The number of hydrogen-bond acceptors (Lipinski definition) is 4. The van der Waals surface area contributed by atoms with E-state index in [4.69, 9.17) is 21.7 Å². The molecule has 0 aliphatic carbocycles. The van der Waals surface area contributed by atoms with E-state index in [1.807, 2.05) is 0 Å². The monoisotopic (exact) mass is 391 g/mol. The smallest absolute Gasteiger partial charge is 0.335 e. The first-order chi connectivity index (χ1) is 11.2. The van der Waals surface area contributed by atoms with E-state index >= 15 is 0 Å². The number of primary amides is 2. The molecule has 2 aromatic rings. The van der Waals surface area contributed by atoms with Crippen LogP contribution >= 0.6 is 0 Å². The van der Waals surface area contributed by atoms with Crippen molar-refractivity contribution in [3.05, 3.63) is 58.7 Å². The first-order valence-corrected chi connectivity index (χ1v) is 6.56. The van der Waals surface area contributed by atoms with Gasteiger partial charge in [0.1, 0.15) is 0 Å². The van der Waals surface area contributed by atoms with E-state index in [-0.39, 0.29) is 50.4 Å². The van der Waals surface area contributed by atoms with Crippen LogP contribution < -0.4 is 11.5 Å². The molecule has 0 aliphatic rings. The molecule has 0 aliphatic heterocycles. The minimum atomic E-state index is -1.34. The number of hydrogen-bond donors (Lipinski definition) is 4. The van der Waals surface area contributed by atoms with Gasteiger partial charge in [-0.3, -0.25) is 9.59 Å². The quantitative estimate of drug-likeness (QED) is 0.554. The summed E-state index contributed by atoms with van der Waals surface area (Å²) in [5.74, 6) is -4.27. The van der Waals surface area contributed by atoms with E-state index < -0.39 is 23.8 Å². The van der Waals surface area contributed by atoms with Crippen molar-refractivity contribution in [2.75, 3.05) is 0 Å². The van der Waals surface area contributed by atoms with Crippen LogP contribution in [0.1, 0.15) is 41.4 Å². The number of carbonyl (C=O) groups excluding carboxylic acids is 2. The zero-order chi connectivity index (χ0) is 18.0. The molecule has 1 radical (unpaired) electrons. The van der Waals surface area contributed by atoms with Gasteiger partial charge in [0, 0.05) is 28.2 Å². The Morgan fingerprint density at radius 1 is 0.720 bits per heavy atom. The molecule has 8 nitrogen and oxygen atoms in total. The van der Waals surface area contributed by atoms with Crippen molar-refractivity contribution in [1.29, 1.82) is 0 Å². The first-order valence-electron chi connectivity index (χ1n) is 6.56. The van der Waals surface area contributed by atoms with E-state index in [0.29, 0.717) is 0 Å². The third-order valence-corrected chi connectivity index (χ3v) is 3.31. The summed E-state index contributed by atoms with van der Waals surface area (Å²) in [5, 5.41) is 18.3. The van der Waals surface area contributed by atoms with Gasteiger partial charge in [0.2, 0.25) is 11.8 Å². The normalized spacial score (nSPS) is 9.76. The minimum Gasteiger partial charge on any atom is -0.478 e. The van der Waals surface area contributed by atoms with Gasteiger partial charge in [-0.1, -0.05) is 0 Å². The Morgan fingerprint density at radius 2 is 1.24 bits per heavy atom. The Kier molecular flexibility index (Phi) is 6.05. The van der Waals surface area contributed by atoms with Crippen LogP contribution in [0.2, 0.25) is 0 Å². The van der Waals surface area contributed by atoms with Crippen molar-refractivity contribution in [1.82, 2.24) is 0 Å². The molecule has 0 heterocycles. The maximum Gasteiger partial charge on any atom is 0.335 e. The zero-order valence-electron chi connectivity index (χ0n) is 12.4. The third kappa shape index (κ3) is 4.23. The molecular weight excluding hydrogens is 380 g/mol. The van der Waals surface area contributed by atoms with Crippen LogP contribution in [-0.2, 0) is 17.1 Å². The Hall–Kier alpha value is -3.16. The predicted octanol–water partition coefficient (Wildman–Crippen LogP) is 0.945. The van der Waals surface area contributed by atoms with Gasteiger partial charge in [-0.05, 0) is 47.5 Å². The number of benzene rings is 2. The van der Waals surface area contributed by atoms with Gasteiger partial charge >= 0.3 is 11.9 Å². The second-order valence-corrected chi connectivity index (χ2v) is 4.90. The molecule has 0 spiro atoms. The summed E-state index contributed by atoms with van der Waals surface area (Å²) in [4.78, 5) is 45.3. The van der Waals surface area contributed by atoms with Crippen molar-refractivity contribution in [3.63, 3.8) is 0 Å². The Balaban J connectivity index is 0.00000312. The van der Waals surface area contributed by atoms with Crippen LogP contribution in [0.15, 0.2) is 36.4 Å². The fourth-order valence-electron chi connectivity index (χ4n) is 2.18. The van der Waals surface area contributed by atoms with E-state index in [9.17, 15) is 19.2 Å². The van der Waals surface area contributed by atoms with E-state index in [0.717, 1.165) is 6.07 Å². The molecule has 0 bridgehead atoms. The van der Waals surface area contributed by atoms with Crippen molar-refractivity contribution in [2.24, 2.45) is 11.5 Å². The zero-order valence-corrected chi connectivity index (χ0v) is 13.4. The molecule has 0 atom stereocenters. The second-order valence-electron chi connectivity index (χ2n) is 4.90. The van der Waals surface area contributed by atoms with Gasteiger partial charge < -0.3 is 21.7 Å². The molecule has 0 saturated heterocycles. The van der Waals surface area contributed by atoms with Gasteiger partial charge in [0.15, 0.2) is 0 Å². The summed E-state index contributed by atoms with van der Waals surface area (Å²) in [6, 6.07) is 7.17. The molecule has 2 rings (SSSR count). The van der Waals surface area contributed by atoms with Crippen molar-refractivity contribution in [3.8, 4) is 11.1 Å². The van der Waals surface area contributed by atoms with Crippen molar-refractivity contribution in [2.45, 2.75) is 0 Å². The number of carboxylic acid groups (broad SMARTS) is 2. The molecule has 2 aromatic carbocycles. The number of aromatic carboxylic acids is 2. The summed E-state index contributed by atoms with van der Waals surface area (Å²) < 4.78 is 0. The van der Waals surface area contributed by atoms with Crippen LogP contribution in [0, 0.1) is 0 Å². The average molecular weight is 392 g/mol. The first kappa shape index (κ1) is 19.9. The van der Waals surface area contributed by atoms with Crippen LogP contribution in [0.5, 0.6) is 0 Å². The van der Waals surface area contributed by atoms with E-state index in [2.05, 4.69) is 0 Å². The summed E-state index contributed by atoms with van der Waals surface area (Å²) in [6.45, 7) is 0. The van der Waals surface area contributed by atoms with Crippen molar-refractivity contribution < 1.29 is 46.5 Å². The van der Waals surface area contributed by atoms with E-state index in [1.165, 1.54) is 30.3 Å². The third-order valence-electron chi connectivity index (χ3n) is 3.31. The van der Waals surface area contributed by atoms with Gasteiger partial charge in [0.25, 0.3) is 0 Å². The maximum absolute atomic E-state index is 11.6. The average Bonchev–Trinajstić information content (AvgIpc) is 2.53. The predicted molar refractivity (Wildman–Crippen MR) is 82.8 cm³/mol. The van der Waals surface area contributed by atoms with Gasteiger partial charge in [-0.25, -0.2) is 9.59 Å². The van der Waals surface area contributed by atoms with Crippen LogP contribution in [-0.4, -0.2) is 34.0 Å². The van der Waals surface area contributed by atoms with Gasteiger partial charge in [-0.2, -0.15) is 0 Å². The standard InChI is InChI=1S/C16H12N2O6.Cu/c17-13(19)7-1-2-11(14(18)20)12(6-7)8-3-9(15(21)22)5-10(4-8)16(23)24;/h1-6H,(H2,17,19)(H2,18,20)(H,21,22)(H,23,24);. The fourth-order valence-corrected chi connectivity index (χ4v) is 2.18. The molecule has 9 heteroatoms. The Morgan fingerprint density at radius 3 is 1.64 bits per heavy atom. The summed E-state index contributed by atoms with van der Waals surface area (Å²) in [5.41, 5.74) is 10.2. The molecular formula is C16H12CuN2O6. The van der Waals surface area contributed by atoms with Gasteiger partial charge in [-0.15, -0.1) is 0 Å². The van der Waals surface area contributed by atoms with Gasteiger partial charge in [0.05, 0.1) is 11.1 Å². The van der Waals surface area contributed by atoms with Crippen LogP contribution in [0.4, 0.5) is 0 Å². The molecule has 0 aromatic heterocycles. The molecule has 0 fully saturated rings. The minimum absolute atomic E-state index is 0. The summed E-state index contributed by atoms with van der Waals surface area (Å²) in [7, 11) is 0. The van der Waals surface area contributed by atoms with Crippen LogP contribution in [0.25, 0.3) is 11.1 Å². The molecule has 2 amide bonds. The SMILES string of the molecule is NC(=O)c1ccc(C(N)=O)c(-c2cc(C(=O)O)cc(C(=O)O)c2)c1.[Cu]. The Bertz CT molecular complexity index is 862. The largest absolute Gasteiger partial charge is 0.478 e. The van der Waals surface area contributed by atoms with Crippen LogP contribution in [0.3, 0.4) is 0 Å². The molecule has 6 N–H and O–H groups in total. The molecule has 25 heavy (non-hydrogen) atoms. The molecule has 133 valence electrons.